The summed E-state index contributed by atoms with van der Waals surface area (Å²) in [5, 5.41) is 0. The van der Waals surface area contributed by atoms with Crippen molar-refractivity contribution >= 4 is 17.9 Å². The molecule has 0 saturated heterocycles. The Labute approximate surface area is 420 Å². The van der Waals surface area contributed by atoms with Crippen molar-refractivity contribution in [1.29, 1.82) is 0 Å². The molecule has 0 N–H and O–H groups in total. The van der Waals surface area contributed by atoms with Gasteiger partial charge in [-0.25, -0.2) is 0 Å². The molecule has 0 bridgehead atoms. The number of esters is 3. The molecular weight excluding hydrogens is 841 g/mol. The van der Waals surface area contributed by atoms with E-state index < -0.39 is 6.10 Å². The molecular formula is C62H106O6. The average Bonchev–Trinajstić information content (AvgIpc) is 3.34. The van der Waals surface area contributed by atoms with E-state index in [1.165, 1.54) is 122 Å². The second-order valence-corrected chi connectivity index (χ2v) is 18.8. The molecule has 0 amide bonds. The van der Waals surface area contributed by atoms with Crippen LogP contribution < -0.4 is 0 Å². The van der Waals surface area contributed by atoms with E-state index >= 15 is 0 Å². The zero-order chi connectivity index (χ0) is 49.3. The molecule has 0 aromatic rings. The van der Waals surface area contributed by atoms with Gasteiger partial charge < -0.3 is 14.2 Å². The summed E-state index contributed by atoms with van der Waals surface area (Å²) >= 11 is 0. The SMILES string of the molecule is CC/C=C\C/C=C\C/C=C\C/C=C\C/C=C\CCCCCCCCCC(=O)OCC(COC(=O)CCCCCCCCCCCC)OC(=O)CCCCCCCCC/C=C\C/C=C\CCCCC. The zero-order valence-electron chi connectivity index (χ0n) is 44.6. The van der Waals surface area contributed by atoms with Crippen LogP contribution >= 0.6 is 0 Å². The molecule has 0 aliphatic rings. The van der Waals surface area contributed by atoms with Crippen LogP contribution in [0.4, 0.5) is 0 Å². The van der Waals surface area contributed by atoms with Crippen LogP contribution in [0.5, 0.6) is 0 Å². The van der Waals surface area contributed by atoms with E-state index in [2.05, 4.69) is 106 Å². The lowest BCUT2D eigenvalue weighted by atomic mass is 10.1. The second-order valence-electron chi connectivity index (χ2n) is 18.8. The number of unbranched alkanes of at least 4 members (excludes halogenated alkanes) is 26. The third kappa shape index (κ3) is 53.5. The highest BCUT2D eigenvalue weighted by Crippen LogP contribution is 2.15. The summed E-state index contributed by atoms with van der Waals surface area (Å²) in [6.07, 6.45) is 72.8. The van der Waals surface area contributed by atoms with Gasteiger partial charge in [0.1, 0.15) is 13.2 Å². The van der Waals surface area contributed by atoms with E-state index in [9.17, 15) is 14.4 Å². The second kappa shape index (κ2) is 56.2. The van der Waals surface area contributed by atoms with E-state index in [4.69, 9.17) is 14.2 Å². The molecule has 0 saturated carbocycles. The van der Waals surface area contributed by atoms with Crippen molar-refractivity contribution in [2.45, 2.75) is 277 Å². The van der Waals surface area contributed by atoms with Gasteiger partial charge in [-0.05, 0) is 96.3 Å². The molecule has 0 rings (SSSR count). The summed E-state index contributed by atoms with van der Waals surface area (Å²) in [5.74, 6) is -0.897. The first-order valence-corrected chi connectivity index (χ1v) is 28.6. The summed E-state index contributed by atoms with van der Waals surface area (Å²) in [6, 6.07) is 0. The lowest BCUT2D eigenvalue weighted by molar-refractivity contribution is -0.167. The van der Waals surface area contributed by atoms with Crippen LogP contribution in [-0.4, -0.2) is 37.2 Å². The molecule has 0 aromatic carbocycles. The van der Waals surface area contributed by atoms with E-state index in [0.29, 0.717) is 19.3 Å². The maximum absolute atomic E-state index is 12.8. The number of rotatable bonds is 51. The first-order chi connectivity index (χ1) is 33.5. The summed E-state index contributed by atoms with van der Waals surface area (Å²) in [5.41, 5.74) is 0. The van der Waals surface area contributed by atoms with Crippen molar-refractivity contribution in [1.82, 2.24) is 0 Å². The van der Waals surface area contributed by atoms with Gasteiger partial charge in [0.05, 0.1) is 0 Å². The molecule has 1 unspecified atom stereocenters. The molecule has 0 fully saturated rings. The van der Waals surface area contributed by atoms with E-state index in [1.54, 1.807) is 0 Å². The van der Waals surface area contributed by atoms with Crippen LogP contribution in [0.25, 0.3) is 0 Å². The Morgan fingerprint density at radius 3 is 0.926 bits per heavy atom. The molecule has 0 aliphatic carbocycles. The summed E-state index contributed by atoms with van der Waals surface area (Å²) in [7, 11) is 0. The topological polar surface area (TPSA) is 78.9 Å². The first kappa shape index (κ1) is 64.6. The Kier molecular flexibility index (Phi) is 53.4. The summed E-state index contributed by atoms with van der Waals surface area (Å²) in [4.78, 5) is 38.1. The van der Waals surface area contributed by atoms with Gasteiger partial charge in [-0.3, -0.25) is 14.4 Å². The first-order valence-electron chi connectivity index (χ1n) is 28.6. The number of hydrogen-bond acceptors (Lipinski definition) is 6. The quantitative estimate of drug-likeness (QED) is 0.0262. The standard InChI is InChI=1S/C62H106O6/c1-4-7-10-13-16-19-22-24-26-28-29-30-31-32-33-35-36-38-40-43-46-49-52-55-61(64)67-58-59(57-66-60(63)54-51-48-45-42-21-18-15-12-9-6-3)68-62(65)56-53-50-47-44-41-39-37-34-27-25-23-20-17-14-11-8-5-2/h7,10,16-17,19-20,24-27,29-30,32-33,59H,4-6,8-9,11-15,18,21-23,28,31,34-58H2,1-3H3/b10-7-,19-16-,20-17-,26-24-,27-25-,30-29-,33-32-. The Hall–Kier alpha value is -3.41. The minimum absolute atomic E-state index is 0.0817. The number of allylic oxidation sites excluding steroid dienone is 14. The maximum atomic E-state index is 12.8. The minimum atomic E-state index is -0.784. The van der Waals surface area contributed by atoms with Crippen LogP contribution in [0.1, 0.15) is 271 Å². The molecule has 6 nitrogen and oxygen atoms in total. The van der Waals surface area contributed by atoms with E-state index in [1.807, 2.05) is 0 Å². The van der Waals surface area contributed by atoms with Gasteiger partial charge in [0, 0.05) is 19.3 Å². The van der Waals surface area contributed by atoms with Crippen LogP contribution in [0, 0.1) is 0 Å². The minimum Gasteiger partial charge on any atom is -0.462 e. The third-order valence-corrected chi connectivity index (χ3v) is 12.1. The van der Waals surface area contributed by atoms with Gasteiger partial charge in [0.2, 0.25) is 0 Å². The summed E-state index contributed by atoms with van der Waals surface area (Å²) in [6.45, 7) is 6.48. The molecule has 0 spiro atoms. The number of carbonyl (C=O) groups is 3. The van der Waals surface area contributed by atoms with Crippen molar-refractivity contribution in [3.05, 3.63) is 85.1 Å². The number of ether oxygens (including phenoxy) is 3. The predicted molar refractivity (Wildman–Crippen MR) is 293 cm³/mol. The predicted octanol–water partition coefficient (Wildman–Crippen LogP) is 19.2. The molecule has 1 atom stereocenters. The van der Waals surface area contributed by atoms with Crippen LogP contribution in [0.2, 0.25) is 0 Å². The van der Waals surface area contributed by atoms with Crippen molar-refractivity contribution in [2.24, 2.45) is 0 Å². The number of hydrogen-bond donors (Lipinski definition) is 0. The molecule has 0 aromatic heterocycles. The Morgan fingerprint density at radius 1 is 0.309 bits per heavy atom. The largest absolute Gasteiger partial charge is 0.462 e. The molecule has 390 valence electrons. The molecule has 6 heteroatoms. The zero-order valence-corrected chi connectivity index (χ0v) is 44.6. The highest BCUT2D eigenvalue weighted by molar-refractivity contribution is 5.71. The fourth-order valence-corrected chi connectivity index (χ4v) is 7.85. The van der Waals surface area contributed by atoms with Crippen LogP contribution in [0.3, 0.4) is 0 Å². The normalized spacial score (nSPS) is 12.7. The van der Waals surface area contributed by atoms with Gasteiger partial charge >= 0.3 is 17.9 Å². The monoisotopic (exact) mass is 947 g/mol. The Balaban J connectivity index is 4.33. The smallest absolute Gasteiger partial charge is 0.306 e. The van der Waals surface area contributed by atoms with Crippen molar-refractivity contribution in [2.75, 3.05) is 13.2 Å². The van der Waals surface area contributed by atoms with Crippen molar-refractivity contribution in [3.8, 4) is 0 Å². The van der Waals surface area contributed by atoms with Gasteiger partial charge in [0.25, 0.3) is 0 Å². The lowest BCUT2D eigenvalue weighted by Crippen LogP contribution is -2.30. The van der Waals surface area contributed by atoms with Crippen LogP contribution in [0.15, 0.2) is 85.1 Å². The van der Waals surface area contributed by atoms with E-state index in [0.717, 1.165) is 109 Å². The van der Waals surface area contributed by atoms with E-state index in [-0.39, 0.29) is 31.1 Å². The van der Waals surface area contributed by atoms with Crippen molar-refractivity contribution < 1.29 is 28.6 Å². The van der Waals surface area contributed by atoms with Crippen LogP contribution in [-0.2, 0) is 28.6 Å². The van der Waals surface area contributed by atoms with Gasteiger partial charge in [-0.2, -0.15) is 0 Å². The average molecular weight is 948 g/mol. The lowest BCUT2D eigenvalue weighted by Gasteiger charge is -2.18. The molecule has 0 aliphatic heterocycles. The highest BCUT2D eigenvalue weighted by atomic mass is 16.6. The Bertz CT molecular complexity index is 1320. The fraction of sp³-hybridized carbons (Fsp3) is 0.726. The molecule has 68 heavy (non-hydrogen) atoms. The maximum Gasteiger partial charge on any atom is 0.306 e. The van der Waals surface area contributed by atoms with Gasteiger partial charge in [-0.15, -0.1) is 0 Å². The molecule has 0 heterocycles. The van der Waals surface area contributed by atoms with Gasteiger partial charge in [0.15, 0.2) is 6.10 Å². The number of carbonyl (C=O) groups excluding carboxylic acids is 3. The van der Waals surface area contributed by atoms with Gasteiger partial charge in [-0.1, -0.05) is 241 Å². The third-order valence-electron chi connectivity index (χ3n) is 12.1. The summed E-state index contributed by atoms with van der Waals surface area (Å²) < 4.78 is 16.8. The Morgan fingerprint density at radius 2 is 0.574 bits per heavy atom. The highest BCUT2D eigenvalue weighted by Gasteiger charge is 2.19. The molecule has 0 radical (unpaired) electrons. The fourth-order valence-electron chi connectivity index (χ4n) is 7.85. The van der Waals surface area contributed by atoms with Crippen molar-refractivity contribution in [3.63, 3.8) is 0 Å².